The molecule has 0 amide bonds. The van der Waals surface area contributed by atoms with E-state index in [0.29, 0.717) is 24.2 Å². The van der Waals surface area contributed by atoms with Gasteiger partial charge in [0.15, 0.2) is 0 Å². The lowest BCUT2D eigenvalue weighted by Crippen LogP contribution is -2.13. The molecule has 74 valence electrons. The minimum Gasteiger partial charge on any atom is -0.473 e. The zero-order valence-corrected chi connectivity index (χ0v) is 8.34. The van der Waals surface area contributed by atoms with Crippen LogP contribution in [0.3, 0.4) is 0 Å². The minimum atomic E-state index is 0.244. The maximum Gasteiger partial charge on any atom is 0.255 e. The standard InChI is InChI=1S/C10H13N3O/c1-7(2)8-6-14-10(13-8)9-11-4-3-5-12-9/h3-5,7-8H,6H2,1-2H3/t8-/m0/s1. The van der Waals surface area contributed by atoms with Crippen LogP contribution in [0.15, 0.2) is 23.5 Å². The number of hydrogen-bond acceptors (Lipinski definition) is 4. The SMILES string of the molecule is CC(C)[C@@H]1COC(c2ncccn2)=N1. The van der Waals surface area contributed by atoms with E-state index in [2.05, 4.69) is 28.8 Å². The number of rotatable bonds is 2. The number of nitrogens with zero attached hydrogens (tertiary/aromatic N) is 3. The smallest absolute Gasteiger partial charge is 0.255 e. The van der Waals surface area contributed by atoms with Gasteiger partial charge in [0.1, 0.15) is 6.61 Å². The van der Waals surface area contributed by atoms with Crippen molar-refractivity contribution in [1.82, 2.24) is 9.97 Å². The molecule has 0 radical (unpaired) electrons. The molecule has 14 heavy (non-hydrogen) atoms. The Balaban J connectivity index is 2.18. The molecular weight excluding hydrogens is 178 g/mol. The molecule has 2 heterocycles. The van der Waals surface area contributed by atoms with Gasteiger partial charge in [-0.05, 0) is 12.0 Å². The highest BCUT2D eigenvalue weighted by molar-refractivity contribution is 5.91. The molecule has 1 aliphatic rings. The average Bonchev–Trinajstić information content (AvgIpc) is 2.68. The van der Waals surface area contributed by atoms with Crippen molar-refractivity contribution in [3.63, 3.8) is 0 Å². The van der Waals surface area contributed by atoms with Crippen LogP contribution in [0.2, 0.25) is 0 Å². The monoisotopic (exact) mass is 191 g/mol. The molecule has 0 N–H and O–H groups in total. The van der Waals surface area contributed by atoms with E-state index >= 15 is 0 Å². The van der Waals surface area contributed by atoms with E-state index in [0.717, 1.165) is 0 Å². The third-order valence-electron chi connectivity index (χ3n) is 2.20. The lowest BCUT2D eigenvalue weighted by atomic mass is 10.1. The maximum atomic E-state index is 5.44. The Hall–Kier alpha value is -1.45. The molecular formula is C10H13N3O. The second-order valence-corrected chi connectivity index (χ2v) is 3.63. The molecule has 0 bridgehead atoms. The van der Waals surface area contributed by atoms with Crippen LogP contribution in [-0.2, 0) is 4.74 Å². The molecule has 2 rings (SSSR count). The molecule has 0 fully saturated rings. The Morgan fingerprint density at radius 2 is 2.07 bits per heavy atom. The molecule has 0 spiro atoms. The van der Waals surface area contributed by atoms with Crippen molar-refractivity contribution >= 4 is 5.90 Å². The first kappa shape index (κ1) is 9.12. The summed E-state index contributed by atoms with van der Waals surface area (Å²) in [7, 11) is 0. The van der Waals surface area contributed by atoms with Crippen LogP contribution in [0, 0.1) is 5.92 Å². The Bertz CT molecular complexity index is 334. The molecule has 4 nitrogen and oxygen atoms in total. The Morgan fingerprint density at radius 3 is 2.64 bits per heavy atom. The van der Waals surface area contributed by atoms with Gasteiger partial charge in [0, 0.05) is 12.4 Å². The van der Waals surface area contributed by atoms with Crippen LogP contribution in [-0.4, -0.2) is 28.5 Å². The fourth-order valence-corrected chi connectivity index (χ4v) is 1.26. The summed E-state index contributed by atoms with van der Waals surface area (Å²) in [4.78, 5) is 12.6. The van der Waals surface area contributed by atoms with Crippen molar-refractivity contribution in [3.05, 3.63) is 24.3 Å². The quantitative estimate of drug-likeness (QED) is 0.707. The van der Waals surface area contributed by atoms with Gasteiger partial charge in [-0.25, -0.2) is 15.0 Å². The van der Waals surface area contributed by atoms with Crippen molar-refractivity contribution in [1.29, 1.82) is 0 Å². The highest BCUT2D eigenvalue weighted by atomic mass is 16.5. The second kappa shape index (κ2) is 3.74. The van der Waals surface area contributed by atoms with Gasteiger partial charge in [-0.3, -0.25) is 0 Å². The summed E-state index contributed by atoms with van der Waals surface area (Å²) in [6.45, 7) is 4.91. The van der Waals surface area contributed by atoms with E-state index in [1.54, 1.807) is 18.5 Å². The number of aliphatic imine (C=N–C) groups is 1. The van der Waals surface area contributed by atoms with Crippen LogP contribution in [0.5, 0.6) is 0 Å². The van der Waals surface area contributed by atoms with E-state index in [1.807, 2.05) is 0 Å². The number of hydrogen-bond donors (Lipinski definition) is 0. The summed E-state index contributed by atoms with van der Waals surface area (Å²) in [6, 6.07) is 2.02. The molecule has 0 saturated carbocycles. The normalized spacial score (nSPS) is 20.8. The molecule has 1 aromatic rings. The lowest BCUT2D eigenvalue weighted by molar-refractivity contribution is 0.290. The number of ether oxygens (including phenoxy) is 1. The van der Waals surface area contributed by atoms with E-state index in [9.17, 15) is 0 Å². The topological polar surface area (TPSA) is 47.4 Å². The summed E-state index contributed by atoms with van der Waals surface area (Å²) < 4.78 is 5.44. The molecule has 0 aromatic carbocycles. The first-order chi connectivity index (χ1) is 6.77. The molecule has 1 aromatic heterocycles. The number of aromatic nitrogens is 2. The summed E-state index contributed by atoms with van der Waals surface area (Å²) in [5.74, 6) is 1.65. The third kappa shape index (κ3) is 1.73. The van der Waals surface area contributed by atoms with E-state index in [1.165, 1.54) is 0 Å². The van der Waals surface area contributed by atoms with Crippen molar-refractivity contribution in [2.45, 2.75) is 19.9 Å². The Labute approximate surface area is 83.1 Å². The first-order valence-corrected chi connectivity index (χ1v) is 4.75. The van der Waals surface area contributed by atoms with Crippen LogP contribution >= 0.6 is 0 Å². The van der Waals surface area contributed by atoms with Crippen LogP contribution in [0.4, 0.5) is 0 Å². The van der Waals surface area contributed by atoms with Crippen molar-refractivity contribution < 1.29 is 4.74 Å². The fraction of sp³-hybridized carbons (Fsp3) is 0.500. The minimum absolute atomic E-state index is 0.244. The predicted octanol–water partition coefficient (Wildman–Crippen LogP) is 1.28. The van der Waals surface area contributed by atoms with Crippen molar-refractivity contribution in [3.8, 4) is 0 Å². The predicted molar refractivity (Wildman–Crippen MR) is 53.1 cm³/mol. The molecule has 1 atom stereocenters. The molecule has 0 aliphatic carbocycles. The lowest BCUT2D eigenvalue weighted by Gasteiger charge is -2.06. The Kier molecular flexibility index (Phi) is 2.43. The molecule has 0 saturated heterocycles. The van der Waals surface area contributed by atoms with Crippen LogP contribution < -0.4 is 0 Å². The maximum absolute atomic E-state index is 5.44. The average molecular weight is 191 g/mol. The van der Waals surface area contributed by atoms with Gasteiger partial charge < -0.3 is 4.74 Å². The van der Waals surface area contributed by atoms with Gasteiger partial charge in [0.25, 0.3) is 5.90 Å². The summed E-state index contributed by atoms with van der Waals surface area (Å²) in [5.41, 5.74) is 0. The van der Waals surface area contributed by atoms with Gasteiger partial charge in [-0.1, -0.05) is 13.8 Å². The van der Waals surface area contributed by atoms with Gasteiger partial charge >= 0.3 is 0 Å². The van der Waals surface area contributed by atoms with Crippen molar-refractivity contribution in [2.75, 3.05) is 6.61 Å². The summed E-state index contributed by atoms with van der Waals surface area (Å²) >= 11 is 0. The molecule has 0 unspecified atom stereocenters. The largest absolute Gasteiger partial charge is 0.473 e. The molecule has 4 heteroatoms. The van der Waals surface area contributed by atoms with Gasteiger partial charge in [0.05, 0.1) is 6.04 Å². The zero-order chi connectivity index (χ0) is 9.97. The van der Waals surface area contributed by atoms with E-state index in [-0.39, 0.29) is 6.04 Å². The van der Waals surface area contributed by atoms with Gasteiger partial charge in [0.2, 0.25) is 5.82 Å². The van der Waals surface area contributed by atoms with Crippen molar-refractivity contribution in [2.24, 2.45) is 10.9 Å². The molecule has 1 aliphatic heterocycles. The summed E-state index contributed by atoms with van der Waals surface area (Å²) in [6.07, 6.45) is 3.38. The van der Waals surface area contributed by atoms with Gasteiger partial charge in [-0.15, -0.1) is 0 Å². The van der Waals surface area contributed by atoms with E-state index < -0.39 is 0 Å². The van der Waals surface area contributed by atoms with Crippen LogP contribution in [0.25, 0.3) is 0 Å². The van der Waals surface area contributed by atoms with Gasteiger partial charge in [-0.2, -0.15) is 0 Å². The highest BCUT2D eigenvalue weighted by Gasteiger charge is 2.23. The summed E-state index contributed by atoms with van der Waals surface area (Å²) in [5, 5.41) is 0. The Morgan fingerprint density at radius 1 is 1.36 bits per heavy atom. The zero-order valence-electron chi connectivity index (χ0n) is 8.34. The fourth-order valence-electron chi connectivity index (χ4n) is 1.26. The first-order valence-electron chi connectivity index (χ1n) is 4.75. The van der Waals surface area contributed by atoms with E-state index in [4.69, 9.17) is 4.74 Å². The van der Waals surface area contributed by atoms with Crippen LogP contribution in [0.1, 0.15) is 19.7 Å². The second-order valence-electron chi connectivity index (χ2n) is 3.63. The third-order valence-corrected chi connectivity index (χ3v) is 2.20. The highest BCUT2D eigenvalue weighted by Crippen LogP contribution is 2.15.